The van der Waals surface area contributed by atoms with E-state index in [0.717, 1.165) is 22.2 Å². The van der Waals surface area contributed by atoms with Gasteiger partial charge in [-0.2, -0.15) is 0 Å². The monoisotopic (exact) mass is 385 g/mol. The van der Waals surface area contributed by atoms with E-state index in [9.17, 15) is 14.7 Å². The standard InChI is InChI=1S/C22H29N3O3/c1-5-22(3,4)19-15(14-8-6-7-9-17(14)24-19)12-16(23)20(26)25-11-10-13(2)18(25)21(27)28/h5-9,13,16,18,24H,1,10-12,23H2,2-4H3,(H,27,28)/t13-,16-,18-/m0/s1/i20+1,21+1. The van der Waals surface area contributed by atoms with Crippen molar-refractivity contribution in [3.05, 3.63) is 48.2 Å². The number of carboxylic acid groups (broad SMARTS) is 1. The van der Waals surface area contributed by atoms with Gasteiger partial charge in [-0.15, -0.1) is 6.58 Å². The molecule has 0 unspecified atom stereocenters. The van der Waals surface area contributed by atoms with E-state index in [2.05, 4.69) is 25.4 Å². The molecule has 1 saturated heterocycles. The van der Waals surface area contributed by atoms with Gasteiger partial charge in [0.25, 0.3) is 0 Å². The van der Waals surface area contributed by atoms with E-state index in [1.807, 2.05) is 37.3 Å². The Balaban J connectivity index is 1.94. The maximum absolute atomic E-state index is 13.0. The summed E-state index contributed by atoms with van der Waals surface area (Å²) in [6.45, 7) is 10.4. The van der Waals surface area contributed by atoms with Crippen molar-refractivity contribution in [2.75, 3.05) is 6.54 Å². The van der Waals surface area contributed by atoms with Crippen LogP contribution in [0.5, 0.6) is 0 Å². The molecule has 1 fully saturated rings. The van der Waals surface area contributed by atoms with Gasteiger partial charge in [0.2, 0.25) is 5.91 Å². The maximum Gasteiger partial charge on any atom is 0.326 e. The highest BCUT2D eigenvalue weighted by molar-refractivity contribution is 5.90. The topological polar surface area (TPSA) is 99.4 Å². The quantitative estimate of drug-likeness (QED) is 0.526. The van der Waals surface area contributed by atoms with Crippen molar-refractivity contribution in [1.82, 2.24) is 9.88 Å². The Morgan fingerprint density at radius 2 is 2.11 bits per heavy atom. The lowest BCUT2D eigenvalue weighted by Crippen LogP contribution is -2.50. The van der Waals surface area contributed by atoms with Crippen LogP contribution in [0.25, 0.3) is 10.9 Å². The highest BCUT2D eigenvalue weighted by atomic mass is 16.5. The van der Waals surface area contributed by atoms with Crippen molar-refractivity contribution < 1.29 is 14.7 Å². The molecule has 1 amide bonds. The molecule has 2 heterocycles. The van der Waals surface area contributed by atoms with E-state index >= 15 is 0 Å². The zero-order valence-electron chi connectivity index (χ0n) is 16.7. The highest BCUT2D eigenvalue weighted by Gasteiger charge is 2.41. The summed E-state index contributed by atoms with van der Waals surface area (Å²) in [5, 5.41) is 10.5. The number of amides is 1. The number of rotatable bonds is 6. The van der Waals surface area contributed by atoms with E-state index in [1.54, 1.807) is 0 Å². The third kappa shape index (κ3) is 3.44. The van der Waals surface area contributed by atoms with Gasteiger partial charge in [-0.05, 0) is 30.4 Å². The molecule has 4 N–H and O–H groups in total. The summed E-state index contributed by atoms with van der Waals surface area (Å²) in [5.74, 6) is -1.34. The van der Waals surface area contributed by atoms with Crippen molar-refractivity contribution in [3.8, 4) is 0 Å². The second kappa shape index (κ2) is 7.43. The Kier molecular flexibility index (Phi) is 5.35. The maximum atomic E-state index is 13.0. The number of nitrogens with one attached hydrogen (secondary N) is 1. The summed E-state index contributed by atoms with van der Waals surface area (Å²) in [4.78, 5) is 29.5. The number of H-pyrrole nitrogens is 1. The molecule has 1 aliphatic heterocycles. The largest absolute Gasteiger partial charge is 0.480 e. The van der Waals surface area contributed by atoms with Gasteiger partial charge >= 0.3 is 5.97 Å². The normalized spacial score (nSPS) is 21.1. The minimum absolute atomic E-state index is 0.0722. The zero-order valence-corrected chi connectivity index (χ0v) is 16.7. The van der Waals surface area contributed by atoms with Gasteiger partial charge < -0.3 is 20.7 Å². The predicted octanol–water partition coefficient (Wildman–Crippen LogP) is 2.82. The van der Waals surface area contributed by atoms with Crippen molar-refractivity contribution in [3.63, 3.8) is 0 Å². The van der Waals surface area contributed by atoms with Gasteiger partial charge in [0.05, 0.1) is 6.04 Å². The number of aromatic nitrogens is 1. The van der Waals surface area contributed by atoms with Crippen LogP contribution in [-0.4, -0.2) is 45.5 Å². The second-order valence-electron chi connectivity index (χ2n) is 8.34. The number of nitrogens with zero attached hydrogens (tertiary/aromatic N) is 1. The molecule has 150 valence electrons. The first kappa shape index (κ1) is 20.1. The SMILES string of the molecule is C=CC(C)(C)c1[nH]c2ccccc2c1C[C@H](N)[13C](=O)N1CC[C@H](C)[C@H]1[13C](=O)O. The molecule has 3 rings (SSSR count). The van der Waals surface area contributed by atoms with Crippen LogP contribution < -0.4 is 5.73 Å². The number of carbonyl (C=O) groups is 2. The van der Waals surface area contributed by atoms with Crippen LogP contribution in [0, 0.1) is 5.92 Å². The highest BCUT2D eigenvalue weighted by Crippen LogP contribution is 2.33. The minimum Gasteiger partial charge on any atom is -0.480 e. The predicted molar refractivity (Wildman–Crippen MR) is 110 cm³/mol. The second-order valence-corrected chi connectivity index (χ2v) is 8.34. The molecule has 2 aromatic rings. The number of aromatic amines is 1. The third-order valence-electron chi connectivity index (χ3n) is 5.95. The smallest absolute Gasteiger partial charge is 0.326 e. The lowest BCUT2D eigenvalue weighted by Gasteiger charge is -2.27. The number of nitrogens with two attached hydrogens (primary N) is 1. The number of para-hydroxylation sites is 1. The third-order valence-corrected chi connectivity index (χ3v) is 5.95. The van der Waals surface area contributed by atoms with Crippen molar-refractivity contribution in [2.45, 2.75) is 51.1 Å². The minimum atomic E-state index is -0.967. The van der Waals surface area contributed by atoms with Crippen LogP contribution in [0.3, 0.4) is 0 Å². The van der Waals surface area contributed by atoms with Crippen LogP contribution in [0.2, 0.25) is 0 Å². The number of allylic oxidation sites excluding steroid dienone is 1. The fourth-order valence-corrected chi connectivity index (χ4v) is 4.16. The fraction of sp³-hybridized carbons (Fsp3) is 0.455. The average Bonchev–Trinajstić information content (AvgIpc) is 3.22. The summed E-state index contributed by atoms with van der Waals surface area (Å²) < 4.78 is 0. The van der Waals surface area contributed by atoms with Gasteiger partial charge in [0, 0.05) is 28.6 Å². The van der Waals surface area contributed by atoms with E-state index in [4.69, 9.17) is 5.73 Å². The molecule has 1 aromatic carbocycles. The van der Waals surface area contributed by atoms with Gasteiger partial charge in [-0.25, -0.2) is 4.79 Å². The number of likely N-dealkylation sites (tertiary alicyclic amines) is 1. The van der Waals surface area contributed by atoms with E-state index in [1.165, 1.54) is 4.90 Å². The molecule has 1 aliphatic rings. The average molecular weight is 385 g/mol. The Morgan fingerprint density at radius 1 is 1.43 bits per heavy atom. The summed E-state index contributed by atoms with van der Waals surface area (Å²) in [5.41, 5.74) is 8.96. The molecule has 3 atom stereocenters. The number of hydrogen-bond donors (Lipinski definition) is 3. The number of carbonyl (C=O) groups excluding carboxylic acids is 1. The van der Waals surface area contributed by atoms with Crippen LogP contribution in [-0.2, 0) is 21.4 Å². The Labute approximate surface area is 165 Å². The molecule has 0 saturated carbocycles. The first-order chi connectivity index (χ1) is 13.2. The van der Waals surface area contributed by atoms with Crippen LogP contribution >= 0.6 is 0 Å². The first-order valence-corrected chi connectivity index (χ1v) is 9.70. The van der Waals surface area contributed by atoms with E-state index in [-0.39, 0.29) is 17.2 Å². The number of aliphatic carboxylic acids is 1. The van der Waals surface area contributed by atoms with Crippen LogP contribution in [0.15, 0.2) is 36.9 Å². The summed E-state index contributed by atoms with van der Waals surface area (Å²) in [6.07, 6.45) is 2.89. The molecule has 0 aliphatic carbocycles. The molecule has 0 radical (unpaired) electrons. The fourth-order valence-electron chi connectivity index (χ4n) is 4.16. The lowest BCUT2D eigenvalue weighted by atomic mass is 9.85. The molecule has 28 heavy (non-hydrogen) atoms. The Bertz CT molecular complexity index is 915. The molecule has 6 nitrogen and oxygen atoms in total. The first-order valence-electron chi connectivity index (χ1n) is 9.70. The van der Waals surface area contributed by atoms with Gasteiger partial charge in [0.1, 0.15) is 6.04 Å². The van der Waals surface area contributed by atoms with Crippen molar-refractivity contribution in [2.24, 2.45) is 11.7 Å². The number of hydrogen-bond acceptors (Lipinski definition) is 3. The van der Waals surface area contributed by atoms with Crippen molar-refractivity contribution in [1.29, 1.82) is 0 Å². The summed E-state index contributed by atoms with van der Waals surface area (Å²) in [6, 6.07) is 6.33. The van der Waals surface area contributed by atoms with E-state index in [0.29, 0.717) is 19.4 Å². The van der Waals surface area contributed by atoms with Crippen molar-refractivity contribution >= 4 is 22.8 Å². The van der Waals surface area contributed by atoms with Crippen LogP contribution in [0.1, 0.15) is 38.4 Å². The molecule has 1 aromatic heterocycles. The number of benzene rings is 1. The summed E-state index contributed by atoms with van der Waals surface area (Å²) >= 11 is 0. The van der Waals surface area contributed by atoms with Gasteiger partial charge in [-0.3, -0.25) is 4.79 Å². The molecule has 0 spiro atoms. The molecular weight excluding hydrogens is 356 g/mol. The molecule has 6 heteroatoms. The van der Waals surface area contributed by atoms with Gasteiger partial charge in [0.15, 0.2) is 0 Å². The molecular formula is C22H29N3O3. The van der Waals surface area contributed by atoms with E-state index < -0.39 is 18.1 Å². The van der Waals surface area contributed by atoms with Gasteiger partial charge in [-0.1, -0.05) is 45.0 Å². The Morgan fingerprint density at radius 3 is 2.75 bits per heavy atom. The number of fused-ring (bicyclic) bond motifs is 1. The van der Waals surface area contributed by atoms with Crippen LogP contribution in [0.4, 0.5) is 0 Å². The summed E-state index contributed by atoms with van der Waals surface area (Å²) in [7, 11) is 0. The molecule has 0 bridgehead atoms. The Hall–Kier alpha value is -2.60. The number of carboxylic acids is 1. The zero-order chi connectivity index (χ0) is 20.6. The lowest BCUT2D eigenvalue weighted by molar-refractivity contribution is -0.149.